The summed E-state index contributed by atoms with van der Waals surface area (Å²) >= 11 is 5.95. The number of rotatable bonds is 4. The second kappa shape index (κ2) is 6.44. The molecule has 102 valence electrons. The van der Waals surface area contributed by atoms with Crippen molar-refractivity contribution in [2.75, 3.05) is 19.0 Å². The van der Waals surface area contributed by atoms with Crippen LogP contribution >= 0.6 is 11.6 Å². The minimum absolute atomic E-state index is 0.745. The van der Waals surface area contributed by atoms with Crippen molar-refractivity contribution in [2.45, 2.75) is 0 Å². The average Bonchev–Trinajstić information content (AvgIpc) is 2.46. The van der Waals surface area contributed by atoms with Crippen LogP contribution in [0.3, 0.4) is 0 Å². The van der Waals surface area contributed by atoms with E-state index < -0.39 is 0 Å². The average molecular weight is 284 g/mol. The number of allylic oxidation sites excluding steroid dienone is 2. The monoisotopic (exact) mass is 283 g/mol. The third kappa shape index (κ3) is 3.31. The molecule has 0 radical (unpaired) electrons. The lowest BCUT2D eigenvalue weighted by Crippen LogP contribution is -2.08. The second-order valence-corrected chi connectivity index (χ2v) is 5.20. The van der Waals surface area contributed by atoms with E-state index in [1.807, 2.05) is 50.5 Å². The molecule has 1 nitrogen and oxygen atoms in total. The van der Waals surface area contributed by atoms with Crippen LogP contribution in [0.25, 0.3) is 5.57 Å². The SMILES string of the molecule is C=C/C=C(\c1ccc(Cl)cc1)c1ccc(N(C)C)cc1. The zero-order valence-electron chi connectivity index (χ0n) is 11.8. The van der Waals surface area contributed by atoms with Crippen LogP contribution in [0.5, 0.6) is 0 Å². The Hall–Kier alpha value is -1.99. The van der Waals surface area contributed by atoms with Crippen LogP contribution in [0.15, 0.2) is 67.3 Å². The van der Waals surface area contributed by atoms with Crippen LogP contribution in [-0.4, -0.2) is 14.1 Å². The van der Waals surface area contributed by atoms with Crippen LogP contribution in [-0.2, 0) is 0 Å². The number of anilines is 1. The lowest BCUT2D eigenvalue weighted by atomic mass is 9.97. The zero-order valence-corrected chi connectivity index (χ0v) is 12.6. The molecule has 0 saturated carbocycles. The van der Waals surface area contributed by atoms with Crippen molar-refractivity contribution in [2.24, 2.45) is 0 Å². The maximum absolute atomic E-state index is 5.95. The standard InChI is InChI=1S/C18H18ClN/c1-4-5-18(14-6-10-16(19)11-7-14)15-8-12-17(13-9-15)20(2)3/h4-13H,1H2,2-3H3/b18-5+. The van der Waals surface area contributed by atoms with Crippen molar-refractivity contribution >= 4 is 22.9 Å². The van der Waals surface area contributed by atoms with Crippen molar-refractivity contribution in [3.8, 4) is 0 Å². The Bertz CT molecular complexity index is 607. The topological polar surface area (TPSA) is 3.24 Å². The molecule has 20 heavy (non-hydrogen) atoms. The van der Waals surface area contributed by atoms with Gasteiger partial charge >= 0.3 is 0 Å². The van der Waals surface area contributed by atoms with Gasteiger partial charge in [0.05, 0.1) is 0 Å². The van der Waals surface area contributed by atoms with Crippen LogP contribution in [0.2, 0.25) is 5.02 Å². The van der Waals surface area contributed by atoms with Gasteiger partial charge in [0.25, 0.3) is 0 Å². The quantitative estimate of drug-likeness (QED) is 0.712. The van der Waals surface area contributed by atoms with Crippen molar-refractivity contribution < 1.29 is 0 Å². The fraction of sp³-hybridized carbons (Fsp3) is 0.111. The molecule has 0 N–H and O–H groups in total. The van der Waals surface area contributed by atoms with Crippen molar-refractivity contribution in [1.29, 1.82) is 0 Å². The Kier molecular flexibility index (Phi) is 4.65. The lowest BCUT2D eigenvalue weighted by Gasteiger charge is -2.14. The summed E-state index contributed by atoms with van der Waals surface area (Å²) in [6.07, 6.45) is 3.83. The maximum Gasteiger partial charge on any atom is 0.0406 e. The Morgan fingerprint density at radius 2 is 1.45 bits per heavy atom. The summed E-state index contributed by atoms with van der Waals surface area (Å²) < 4.78 is 0. The molecule has 0 fully saturated rings. The minimum atomic E-state index is 0.745. The summed E-state index contributed by atoms with van der Waals surface area (Å²) in [6.45, 7) is 3.80. The van der Waals surface area contributed by atoms with E-state index in [4.69, 9.17) is 11.6 Å². The smallest absolute Gasteiger partial charge is 0.0406 e. The fourth-order valence-corrected chi connectivity index (χ4v) is 2.17. The number of nitrogens with zero attached hydrogens (tertiary/aromatic N) is 1. The van der Waals surface area contributed by atoms with Crippen LogP contribution < -0.4 is 4.90 Å². The molecule has 0 amide bonds. The van der Waals surface area contributed by atoms with Gasteiger partial charge in [0.15, 0.2) is 0 Å². The molecule has 0 aliphatic carbocycles. The Morgan fingerprint density at radius 3 is 1.90 bits per heavy atom. The van der Waals surface area contributed by atoms with E-state index in [-0.39, 0.29) is 0 Å². The van der Waals surface area contributed by atoms with Gasteiger partial charge in [-0.3, -0.25) is 0 Å². The molecule has 2 aromatic rings. The molecule has 0 aromatic heterocycles. The lowest BCUT2D eigenvalue weighted by molar-refractivity contribution is 1.13. The molecular weight excluding hydrogens is 266 g/mol. The van der Waals surface area contributed by atoms with Gasteiger partial charge in [0, 0.05) is 24.8 Å². The summed E-state index contributed by atoms with van der Waals surface area (Å²) in [4.78, 5) is 2.09. The van der Waals surface area contributed by atoms with Gasteiger partial charge in [-0.15, -0.1) is 0 Å². The normalized spacial score (nSPS) is 11.2. The molecule has 2 rings (SSSR count). The molecule has 0 aliphatic rings. The fourth-order valence-electron chi connectivity index (χ4n) is 2.05. The Balaban J connectivity index is 2.41. The molecule has 0 bridgehead atoms. The van der Waals surface area contributed by atoms with E-state index in [9.17, 15) is 0 Å². The molecule has 0 aliphatic heterocycles. The van der Waals surface area contributed by atoms with E-state index in [0.29, 0.717) is 0 Å². The molecule has 2 aromatic carbocycles. The highest BCUT2D eigenvalue weighted by molar-refractivity contribution is 6.30. The molecule has 0 heterocycles. The molecular formula is C18H18ClN. The van der Waals surface area contributed by atoms with Gasteiger partial charge in [-0.05, 0) is 41.0 Å². The predicted molar refractivity (Wildman–Crippen MR) is 89.5 cm³/mol. The van der Waals surface area contributed by atoms with Gasteiger partial charge in [-0.2, -0.15) is 0 Å². The van der Waals surface area contributed by atoms with E-state index in [2.05, 4.69) is 35.7 Å². The van der Waals surface area contributed by atoms with Gasteiger partial charge in [0.2, 0.25) is 0 Å². The van der Waals surface area contributed by atoms with Gasteiger partial charge in [-0.25, -0.2) is 0 Å². The highest BCUT2D eigenvalue weighted by Crippen LogP contribution is 2.26. The number of hydrogen-bond donors (Lipinski definition) is 0. The Morgan fingerprint density at radius 1 is 0.950 bits per heavy atom. The van der Waals surface area contributed by atoms with E-state index in [0.717, 1.165) is 21.7 Å². The highest BCUT2D eigenvalue weighted by Gasteiger charge is 2.05. The molecule has 0 spiro atoms. The van der Waals surface area contributed by atoms with Crippen molar-refractivity contribution in [1.82, 2.24) is 0 Å². The van der Waals surface area contributed by atoms with E-state index in [1.165, 1.54) is 5.69 Å². The summed E-state index contributed by atoms with van der Waals surface area (Å²) in [5.41, 5.74) is 4.62. The molecule has 0 unspecified atom stereocenters. The molecule has 0 atom stereocenters. The van der Waals surface area contributed by atoms with Gasteiger partial charge in [-0.1, -0.05) is 54.6 Å². The van der Waals surface area contributed by atoms with Crippen molar-refractivity contribution in [3.63, 3.8) is 0 Å². The number of benzene rings is 2. The van der Waals surface area contributed by atoms with Crippen LogP contribution in [0, 0.1) is 0 Å². The number of halogens is 1. The van der Waals surface area contributed by atoms with Crippen molar-refractivity contribution in [3.05, 3.63) is 83.4 Å². The first kappa shape index (κ1) is 14.4. The summed E-state index contributed by atoms with van der Waals surface area (Å²) in [5, 5.41) is 0.745. The van der Waals surface area contributed by atoms with Gasteiger partial charge < -0.3 is 4.90 Å². The highest BCUT2D eigenvalue weighted by atomic mass is 35.5. The second-order valence-electron chi connectivity index (χ2n) is 4.76. The minimum Gasteiger partial charge on any atom is -0.378 e. The largest absolute Gasteiger partial charge is 0.378 e. The van der Waals surface area contributed by atoms with E-state index >= 15 is 0 Å². The van der Waals surface area contributed by atoms with Crippen LogP contribution in [0.1, 0.15) is 11.1 Å². The third-order valence-corrected chi connectivity index (χ3v) is 3.39. The molecule has 0 saturated heterocycles. The summed E-state index contributed by atoms with van der Waals surface area (Å²) in [5.74, 6) is 0. The maximum atomic E-state index is 5.95. The summed E-state index contributed by atoms with van der Waals surface area (Å²) in [7, 11) is 4.07. The first-order valence-corrected chi connectivity index (χ1v) is 6.86. The zero-order chi connectivity index (χ0) is 14.5. The predicted octanol–water partition coefficient (Wildman–Crippen LogP) is 5.02. The third-order valence-electron chi connectivity index (χ3n) is 3.13. The Labute approximate surface area is 125 Å². The van der Waals surface area contributed by atoms with Gasteiger partial charge in [0.1, 0.15) is 0 Å². The van der Waals surface area contributed by atoms with Crippen LogP contribution in [0.4, 0.5) is 5.69 Å². The van der Waals surface area contributed by atoms with E-state index in [1.54, 1.807) is 0 Å². The summed E-state index contributed by atoms with van der Waals surface area (Å²) in [6, 6.07) is 16.3. The first-order chi connectivity index (χ1) is 9.61. The molecule has 2 heteroatoms. The first-order valence-electron chi connectivity index (χ1n) is 6.48. The number of hydrogen-bond acceptors (Lipinski definition) is 1.